The maximum absolute atomic E-state index is 12.2. The van der Waals surface area contributed by atoms with Gasteiger partial charge in [0.1, 0.15) is 6.54 Å². The first-order valence-electron chi connectivity index (χ1n) is 9.29. The zero-order valence-corrected chi connectivity index (χ0v) is 18.2. The van der Waals surface area contributed by atoms with E-state index in [0.717, 1.165) is 28.3 Å². The summed E-state index contributed by atoms with van der Waals surface area (Å²) in [7, 11) is 0. The fourth-order valence-electron chi connectivity index (χ4n) is 3.44. The fraction of sp³-hybridized carbons (Fsp3) is 0.286. The highest BCUT2D eigenvalue weighted by molar-refractivity contribution is 8.00. The average molecular weight is 427 g/mol. The molecule has 1 saturated heterocycles. The number of thiazole rings is 1. The second-order valence-electron chi connectivity index (χ2n) is 7.11. The van der Waals surface area contributed by atoms with Crippen LogP contribution in [-0.2, 0) is 9.59 Å². The zero-order valence-electron chi connectivity index (χ0n) is 16.6. The van der Waals surface area contributed by atoms with E-state index in [4.69, 9.17) is 0 Å². The molecule has 0 spiro atoms. The van der Waals surface area contributed by atoms with Crippen LogP contribution in [0, 0.1) is 20.8 Å². The third-order valence-corrected chi connectivity index (χ3v) is 6.61. The number of aryl methyl sites for hydroxylation is 2. The number of anilines is 1. The van der Waals surface area contributed by atoms with Gasteiger partial charge in [0.05, 0.1) is 17.3 Å². The minimum atomic E-state index is -0.216. The van der Waals surface area contributed by atoms with Gasteiger partial charge in [0, 0.05) is 28.0 Å². The normalized spacial score (nSPS) is 13.9. The molecule has 1 aliphatic heterocycles. The van der Waals surface area contributed by atoms with Crippen molar-refractivity contribution >= 4 is 40.0 Å². The quantitative estimate of drug-likeness (QED) is 0.670. The molecule has 0 bridgehead atoms. The van der Waals surface area contributed by atoms with Crippen molar-refractivity contribution in [1.82, 2.24) is 14.5 Å². The van der Waals surface area contributed by atoms with Gasteiger partial charge in [0.15, 0.2) is 5.13 Å². The van der Waals surface area contributed by atoms with E-state index in [-0.39, 0.29) is 18.4 Å². The maximum Gasteiger partial charge on any atom is 0.245 e. The van der Waals surface area contributed by atoms with Crippen LogP contribution in [0.3, 0.4) is 0 Å². The van der Waals surface area contributed by atoms with Crippen LogP contribution in [0.2, 0.25) is 0 Å². The summed E-state index contributed by atoms with van der Waals surface area (Å²) >= 11 is 2.92. The first-order chi connectivity index (χ1) is 13.9. The number of hydrogen-bond donors (Lipinski definition) is 1. The molecule has 0 saturated carbocycles. The third-order valence-electron chi connectivity index (χ3n) is 4.91. The van der Waals surface area contributed by atoms with Crippen molar-refractivity contribution in [3.8, 4) is 16.9 Å². The van der Waals surface area contributed by atoms with E-state index in [1.807, 2.05) is 5.38 Å². The van der Waals surface area contributed by atoms with Crippen LogP contribution in [0.15, 0.2) is 35.7 Å². The minimum absolute atomic E-state index is 0.00789. The van der Waals surface area contributed by atoms with Crippen LogP contribution < -0.4 is 5.32 Å². The SMILES string of the molecule is Cc1ccc(-n2c(C)cc(-c3csc(NC(=O)CN4CSCC4=O)n3)c2C)cc1. The number of carbonyl (C=O) groups is 2. The number of benzene rings is 1. The number of rotatable bonds is 5. The number of aromatic nitrogens is 2. The molecular formula is C21H22N4O2S2. The Bertz CT molecular complexity index is 1070. The smallest absolute Gasteiger partial charge is 0.245 e. The van der Waals surface area contributed by atoms with Crippen molar-refractivity contribution in [1.29, 1.82) is 0 Å². The highest BCUT2D eigenvalue weighted by atomic mass is 32.2. The van der Waals surface area contributed by atoms with E-state index in [2.05, 4.69) is 66.0 Å². The Labute approximate surface area is 177 Å². The predicted molar refractivity (Wildman–Crippen MR) is 119 cm³/mol. The summed E-state index contributed by atoms with van der Waals surface area (Å²) in [5.74, 6) is 0.812. The van der Waals surface area contributed by atoms with Crippen LogP contribution in [0.25, 0.3) is 16.9 Å². The molecule has 0 unspecified atom stereocenters. The second kappa shape index (κ2) is 8.04. The zero-order chi connectivity index (χ0) is 20.5. The topological polar surface area (TPSA) is 67.2 Å². The van der Waals surface area contributed by atoms with Gasteiger partial charge in [0.2, 0.25) is 11.8 Å². The molecule has 2 aromatic heterocycles. The van der Waals surface area contributed by atoms with Gasteiger partial charge in [0.25, 0.3) is 0 Å². The van der Waals surface area contributed by atoms with Crippen LogP contribution in [-0.4, -0.2) is 44.4 Å². The van der Waals surface area contributed by atoms with Gasteiger partial charge < -0.3 is 14.8 Å². The number of thioether (sulfide) groups is 1. The first kappa shape index (κ1) is 19.7. The molecule has 0 radical (unpaired) electrons. The van der Waals surface area contributed by atoms with Gasteiger partial charge in [-0.3, -0.25) is 9.59 Å². The van der Waals surface area contributed by atoms with E-state index in [1.165, 1.54) is 28.7 Å². The summed E-state index contributed by atoms with van der Waals surface area (Å²) in [6.45, 7) is 6.31. The van der Waals surface area contributed by atoms with Gasteiger partial charge in [-0.2, -0.15) is 0 Å². The van der Waals surface area contributed by atoms with Crippen molar-refractivity contribution in [3.63, 3.8) is 0 Å². The van der Waals surface area contributed by atoms with Crippen molar-refractivity contribution < 1.29 is 9.59 Å². The number of hydrogen-bond acceptors (Lipinski definition) is 5. The van der Waals surface area contributed by atoms with E-state index in [9.17, 15) is 9.59 Å². The lowest BCUT2D eigenvalue weighted by Gasteiger charge is -2.13. The molecule has 3 heterocycles. The van der Waals surface area contributed by atoms with Crippen LogP contribution in [0.1, 0.15) is 17.0 Å². The van der Waals surface area contributed by atoms with E-state index >= 15 is 0 Å². The first-order valence-corrected chi connectivity index (χ1v) is 11.3. The molecule has 3 aromatic rings. The molecule has 150 valence electrons. The summed E-state index contributed by atoms with van der Waals surface area (Å²) in [5.41, 5.74) is 6.47. The van der Waals surface area contributed by atoms with Gasteiger partial charge in [-0.15, -0.1) is 23.1 Å². The summed E-state index contributed by atoms with van der Waals surface area (Å²) in [4.78, 5) is 30.1. The lowest BCUT2D eigenvalue weighted by molar-refractivity contribution is -0.130. The Morgan fingerprint density at radius 3 is 2.66 bits per heavy atom. The Balaban J connectivity index is 1.52. The summed E-state index contributed by atoms with van der Waals surface area (Å²) in [6.07, 6.45) is 0. The van der Waals surface area contributed by atoms with Gasteiger partial charge in [-0.1, -0.05) is 17.7 Å². The van der Waals surface area contributed by atoms with Gasteiger partial charge in [-0.25, -0.2) is 4.98 Å². The standard InChI is InChI=1S/C21H22N4O2S2/c1-13-4-6-16(7-5-13)25-14(2)8-17(15(25)3)18-10-29-21(22-18)23-19(26)9-24-12-28-11-20(24)27/h4-8,10H,9,11-12H2,1-3H3,(H,22,23,26). The van der Waals surface area contributed by atoms with E-state index in [1.54, 1.807) is 4.90 Å². The molecule has 1 aromatic carbocycles. The highest BCUT2D eigenvalue weighted by Gasteiger charge is 2.23. The molecule has 1 fully saturated rings. The summed E-state index contributed by atoms with van der Waals surface area (Å²) in [6, 6.07) is 10.6. The number of nitrogens with zero attached hydrogens (tertiary/aromatic N) is 3. The monoisotopic (exact) mass is 426 g/mol. The predicted octanol–water partition coefficient (Wildman–Crippen LogP) is 4.00. The Morgan fingerprint density at radius 2 is 1.97 bits per heavy atom. The minimum Gasteiger partial charge on any atom is -0.323 e. The molecule has 0 atom stereocenters. The molecule has 0 aliphatic carbocycles. The van der Waals surface area contributed by atoms with E-state index in [0.29, 0.717) is 16.8 Å². The number of carbonyl (C=O) groups excluding carboxylic acids is 2. The van der Waals surface area contributed by atoms with Crippen molar-refractivity contribution in [2.24, 2.45) is 0 Å². The van der Waals surface area contributed by atoms with Crippen LogP contribution >= 0.6 is 23.1 Å². The molecule has 6 nitrogen and oxygen atoms in total. The fourth-order valence-corrected chi connectivity index (χ4v) is 5.07. The molecule has 2 amide bonds. The lowest BCUT2D eigenvalue weighted by atomic mass is 10.2. The average Bonchev–Trinajstić information content (AvgIpc) is 3.37. The largest absolute Gasteiger partial charge is 0.323 e. The van der Waals surface area contributed by atoms with Crippen LogP contribution in [0.4, 0.5) is 5.13 Å². The lowest BCUT2D eigenvalue weighted by Crippen LogP contribution is -2.34. The van der Waals surface area contributed by atoms with E-state index < -0.39 is 0 Å². The van der Waals surface area contributed by atoms with Crippen LogP contribution in [0.5, 0.6) is 0 Å². The van der Waals surface area contributed by atoms with Gasteiger partial charge >= 0.3 is 0 Å². The summed E-state index contributed by atoms with van der Waals surface area (Å²) in [5, 5.41) is 5.31. The van der Waals surface area contributed by atoms with Crippen molar-refractivity contribution in [2.45, 2.75) is 20.8 Å². The van der Waals surface area contributed by atoms with Crippen molar-refractivity contribution in [3.05, 3.63) is 52.7 Å². The second-order valence-corrected chi connectivity index (χ2v) is 8.92. The van der Waals surface area contributed by atoms with Crippen molar-refractivity contribution in [2.75, 3.05) is 23.5 Å². The Morgan fingerprint density at radius 1 is 1.21 bits per heavy atom. The number of nitrogens with one attached hydrogen (secondary N) is 1. The molecule has 8 heteroatoms. The molecule has 1 N–H and O–H groups in total. The number of amides is 2. The van der Waals surface area contributed by atoms with Gasteiger partial charge in [-0.05, 0) is 39.0 Å². The maximum atomic E-state index is 12.2. The highest BCUT2D eigenvalue weighted by Crippen LogP contribution is 2.31. The Kier molecular flexibility index (Phi) is 5.47. The Hall–Kier alpha value is -2.58. The third kappa shape index (κ3) is 4.09. The summed E-state index contributed by atoms with van der Waals surface area (Å²) < 4.78 is 2.21. The molecule has 1 aliphatic rings. The molecule has 29 heavy (non-hydrogen) atoms. The molecular weight excluding hydrogens is 404 g/mol. The molecule has 4 rings (SSSR count).